The summed E-state index contributed by atoms with van der Waals surface area (Å²) in [4.78, 5) is 33.6. The topological polar surface area (TPSA) is 124 Å². The Morgan fingerprint density at radius 3 is 2.12 bits per heavy atom. The average molecular weight is 432 g/mol. The van der Waals surface area contributed by atoms with E-state index in [9.17, 15) is 36.1 Å². The predicted molar refractivity (Wildman–Crippen MR) is 74.0 cm³/mol. The van der Waals surface area contributed by atoms with Crippen LogP contribution in [-0.2, 0) is 46.3 Å². The Bertz CT molecular complexity index is 644. The van der Waals surface area contributed by atoms with E-state index < -0.39 is 45.2 Å². The summed E-state index contributed by atoms with van der Waals surface area (Å²) in [5.74, 6) is -15.4. The van der Waals surface area contributed by atoms with Crippen molar-refractivity contribution in [2.45, 2.75) is 25.6 Å². The van der Waals surface area contributed by atoms with Crippen LogP contribution in [0.15, 0.2) is 0 Å². The minimum absolute atomic E-state index is 0.362. The van der Waals surface area contributed by atoms with E-state index in [2.05, 4.69) is 27.4 Å². The van der Waals surface area contributed by atoms with Crippen LogP contribution in [0.2, 0.25) is 0 Å². The molecule has 0 saturated carbocycles. The number of hydrogen-bond acceptors (Lipinski definition) is 10. The predicted octanol–water partition coefficient (Wildman–Crippen LogP) is 2.57. The van der Waals surface area contributed by atoms with Crippen molar-refractivity contribution in [2.75, 3.05) is 20.3 Å². The quantitative estimate of drug-likeness (QED) is 0.245. The Morgan fingerprint density at radius 2 is 1.69 bits per heavy atom. The maximum atomic E-state index is 14.3. The fourth-order valence-corrected chi connectivity index (χ4v) is 5.21. The zero-order chi connectivity index (χ0) is 20.4. The van der Waals surface area contributed by atoms with E-state index in [0.29, 0.717) is 7.11 Å². The molecule has 152 valence electrons. The van der Waals surface area contributed by atoms with E-state index in [0.717, 1.165) is 0 Å². The Balaban J connectivity index is 3.13. The maximum absolute atomic E-state index is 14.3. The molecule has 1 heterocycles. The third-order valence-corrected chi connectivity index (χ3v) is 6.29. The van der Waals surface area contributed by atoms with Gasteiger partial charge in [-0.2, -0.15) is 0 Å². The van der Waals surface area contributed by atoms with Crippen molar-refractivity contribution in [1.82, 2.24) is 0 Å². The van der Waals surface area contributed by atoms with Crippen LogP contribution in [0, 0.1) is 0 Å². The molecule has 1 aliphatic rings. The number of carbonyl (C=O) groups excluding carboxylic acids is 3. The Labute approximate surface area is 143 Å². The zero-order valence-corrected chi connectivity index (χ0v) is 15.3. The van der Waals surface area contributed by atoms with Crippen LogP contribution in [0.5, 0.6) is 0 Å². The van der Waals surface area contributed by atoms with Gasteiger partial charge in [0, 0.05) is 0 Å². The zero-order valence-electron chi connectivity index (χ0n) is 13.5. The fourth-order valence-electron chi connectivity index (χ4n) is 1.57. The molecular weight excluding hydrogens is 418 g/mol. The monoisotopic (exact) mass is 432 g/mol. The normalized spacial score (nSPS) is 23.4. The number of rotatable bonds is 8. The molecule has 1 unspecified atom stereocenters. The van der Waals surface area contributed by atoms with Crippen LogP contribution in [0.4, 0.5) is 17.2 Å². The standard InChI is InChI=1S/C10H14F4O10P2/c1-4-20-25(18,21-5-2)7-6(15)22-26(13,14,23-7)24-9(17)10(11,12)8(16)19-3/h7H,4-5H2,1-3H3. The molecule has 1 fully saturated rings. The number of hydrogen-bond donors (Lipinski definition) is 0. The van der Waals surface area contributed by atoms with Gasteiger partial charge in [0.1, 0.15) is 0 Å². The second-order valence-electron chi connectivity index (χ2n) is 4.39. The summed E-state index contributed by atoms with van der Waals surface area (Å²) in [6, 6.07) is 0. The first-order valence-electron chi connectivity index (χ1n) is 6.72. The third kappa shape index (κ3) is 4.49. The summed E-state index contributed by atoms with van der Waals surface area (Å²) >= 11 is 0. The number of carbonyl (C=O) groups is 3. The molecule has 1 atom stereocenters. The molecule has 10 nitrogen and oxygen atoms in total. The molecule has 0 aromatic carbocycles. The van der Waals surface area contributed by atoms with Crippen molar-refractivity contribution >= 4 is 33.4 Å². The number of halogens is 4. The first kappa shape index (κ1) is 22.7. The van der Waals surface area contributed by atoms with Crippen molar-refractivity contribution in [2.24, 2.45) is 0 Å². The van der Waals surface area contributed by atoms with Gasteiger partial charge in [0.15, 0.2) is 0 Å². The van der Waals surface area contributed by atoms with Crippen LogP contribution in [0.1, 0.15) is 13.8 Å². The second kappa shape index (κ2) is 7.35. The average Bonchev–Trinajstić information content (AvgIpc) is 2.77. The molecule has 1 saturated heterocycles. The molecule has 1 aliphatic heterocycles. The molecule has 0 bridgehead atoms. The second-order valence-corrected chi connectivity index (χ2v) is 8.43. The molecule has 0 amide bonds. The van der Waals surface area contributed by atoms with Crippen molar-refractivity contribution in [3.05, 3.63) is 0 Å². The summed E-state index contributed by atoms with van der Waals surface area (Å²) < 4.78 is 91.0. The Kier molecular flexibility index (Phi) is 6.42. The molecular formula is C10H14F4O10P2. The van der Waals surface area contributed by atoms with Gasteiger partial charge >= 0.3 is 143 Å². The van der Waals surface area contributed by atoms with Crippen LogP contribution < -0.4 is 0 Å². The van der Waals surface area contributed by atoms with Gasteiger partial charge < -0.3 is 0 Å². The summed E-state index contributed by atoms with van der Waals surface area (Å²) in [5.41, 5.74) is 0. The van der Waals surface area contributed by atoms with Gasteiger partial charge in [-0.25, -0.2) is 0 Å². The van der Waals surface area contributed by atoms with Crippen molar-refractivity contribution in [3.8, 4) is 0 Å². The van der Waals surface area contributed by atoms with E-state index in [1.165, 1.54) is 13.8 Å². The Morgan fingerprint density at radius 1 is 1.19 bits per heavy atom. The minimum atomic E-state index is -7.82. The van der Waals surface area contributed by atoms with E-state index in [1.54, 1.807) is 0 Å². The van der Waals surface area contributed by atoms with Crippen LogP contribution in [0.3, 0.4) is 0 Å². The van der Waals surface area contributed by atoms with Crippen LogP contribution in [0.25, 0.3) is 0 Å². The van der Waals surface area contributed by atoms with Gasteiger partial charge in [0.05, 0.1) is 0 Å². The first-order valence-corrected chi connectivity index (χ1v) is 10.1. The fraction of sp³-hybridized carbons (Fsp3) is 0.700. The van der Waals surface area contributed by atoms with Gasteiger partial charge in [0.2, 0.25) is 0 Å². The first-order chi connectivity index (χ1) is 11.7. The summed E-state index contributed by atoms with van der Waals surface area (Å²) in [6.07, 6.45) is 0. The van der Waals surface area contributed by atoms with Gasteiger partial charge in [-0.1, -0.05) is 0 Å². The Hall–Kier alpha value is -1.33. The van der Waals surface area contributed by atoms with Gasteiger partial charge in [-0.3, -0.25) is 0 Å². The number of ether oxygens (including phenoxy) is 1. The summed E-state index contributed by atoms with van der Waals surface area (Å²) in [6.45, 7) is 1.85. The van der Waals surface area contributed by atoms with Gasteiger partial charge in [-0.15, -0.1) is 0 Å². The van der Waals surface area contributed by atoms with E-state index in [-0.39, 0.29) is 13.2 Å². The van der Waals surface area contributed by atoms with Gasteiger partial charge in [0.25, 0.3) is 0 Å². The molecule has 26 heavy (non-hydrogen) atoms. The van der Waals surface area contributed by atoms with E-state index in [4.69, 9.17) is 0 Å². The third-order valence-electron chi connectivity index (χ3n) is 2.53. The van der Waals surface area contributed by atoms with Crippen molar-refractivity contribution in [1.29, 1.82) is 0 Å². The van der Waals surface area contributed by atoms with Crippen molar-refractivity contribution in [3.63, 3.8) is 0 Å². The number of methoxy groups -OCH3 is 1. The van der Waals surface area contributed by atoms with E-state index in [1.807, 2.05) is 0 Å². The molecule has 0 aromatic heterocycles. The SMILES string of the molecule is CCOP(=O)(OCC)C1OP(F)(F)(OC(=O)C(F)(F)C(=O)OC)OC1=O. The molecule has 16 heteroatoms. The van der Waals surface area contributed by atoms with Crippen LogP contribution >= 0.6 is 15.5 Å². The molecule has 0 aliphatic carbocycles. The molecule has 0 aromatic rings. The van der Waals surface area contributed by atoms with E-state index >= 15 is 0 Å². The number of esters is 1. The molecule has 0 radical (unpaired) electrons. The van der Waals surface area contributed by atoms with Crippen molar-refractivity contribution < 1.29 is 63.5 Å². The van der Waals surface area contributed by atoms with Gasteiger partial charge in [-0.05, 0) is 0 Å². The molecule has 0 spiro atoms. The van der Waals surface area contributed by atoms with Crippen LogP contribution in [-0.4, -0.2) is 50.0 Å². The summed E-state index contributed by atoms with van der Waals surface area (Å²) in [5, 5.41) is 0. The number of alkyl halides is 2. The molecule has 1 rings (SSSR count). The molecule has 0 N–H and O–H groups in total. The summed E-state index contributed by atoms with van der Waals surface area (Å²) in [7, 11) is -12.0.